The number of aliphatic hydroxyl groups excluding tert-OH is 1. The van der Waals surface area contributed by atoms with E-state index < -0.39 is 5.60 Å². The van der Waals surface area contributed by atoms with Crippen LogP contribution < -0.4 is 0 Å². The first-order valence-corrected chi connectivity index (χ1v) is 6.31. The molecule has 0 aliphatic carbocycles. The SMILES string of the molecule is CC(C)OCC(C)(COC(C)C)O[C@@H](C)CO. The zero-order valence-corrected chi connectivity index (χ0v) is 12.0. The molecule has 0 bridgehead atoms. The van der Waals surface area contributed by atoms with Gasteiger partial charge >= 0.3 is 0 Å². The summed E-state index contributed by atoms with van der Waals surface area (Å²) in [6, 6.07) is 0. The molecular weight excluding hydrogens is 220 g/mol. The van der Waals surface area contributed by atoms with E-state index in [1.807, 2.05) is 41.5 Å². The van der Waals surface area contributed by atoms with Crippen molar-refractivity contribution >= 4 is 0 Å². The van der Waals surface area contributed by atoms with Gasteiger partial charge in [0.15, 0.2) is 0 Å². The van der Waals surface area contributed by atoms with Crippen molar-refractivity contribution < 1.29 is 19.3 Å². The number of rotatable bonds is 9. The third kappa shape index (κ3) is 8.55. The van der Waals surface area contributed by atoms with E-state index in [9.17, 15) is 0 Å². The van der Waals surface area contributed by atoms with Crippen molar-refractivity contribution in [1.82, 2.24) is 0 Å². The fourth-order valence-corrected chi connectivity index (χ4v) is 1.32. The number of ether oxygens (including phenoxy) is 3. The summed E-state index contributed by atoms with van der Waals surface area (Å²) < 4.78 is 17.0. The molecule has 0 aliphatic heterocycles. The minimum atomic E-state index is -0.517. The molecule has 17 heavy (non-hydrogen) atoms. The van der Waals surface area contributed by atoms with Crippen LogP contribution in [0.4, 0.5) is 0 Å². The molecule has 1 N–H and O–H groups in total. The zero-order chi connectivity index (χ0) is 13.5. The summed E-state index contributed by atoms with van der Waals surface area (Å²) in [5.41, 5.74) is -0.517. The van der Waals surface area contributed by atoms with Crippen LogP contribution in [-0.2, 0) is 14.2 Å². The van der Waals surface area contributed by atoms with Gasteiger partial charge in [0.25, 0.3) is 0 Å². The monoisotopic (exact) mass is 248 g/mol. The molecular formula is C13H28O4. The molecule has 0 saturated heterocycles. The van der Waals surface area contributed by atoms with Gasteiger partial charge in [-0.1, -0.05) is 0 Å². The minimum Gasteiger partial charge on any atom is -0.394 e. The van der Waals surface area contributed by atoms with Gasteiger partial charge in [0, 0.05) is 0 Å². The zero-order valence-electron chi connectivity index (χ0n) is 12.0. The summed E-state index contributed by atoms with van der Waals surface area (Å²) in [5.74, 6) is 0. The third-order valence-corrected chi connectivity index (χ3v) is 2.19. The summed E-state index contributed by atoms with van der Waals surface area (Å²) in [4.78, 5) is 0. The quantitative estimate of drug-likeness (QED) is 0.678. The molecule has 0 rings (SSSR count). The lowest BCUT2D eigenvalue weighted by Gasteiger charge is -2.33. The first-order chi connectivity index (χ1) is 7.79. The Labute approximate surface area is 105 Å². The molecule has 4 heteroatoms. The van der Waals surface area contributed by atoms with Gasteiger partial charge in [-0.25, -0.2) is 0 Å². The van der Waals surface area contributed by atoms with Crippen LogP contribution in [0.25, 0.3) is 0 Å². The summed E-state index contributed by atoms with van der Waals surface area (Å²) in [5, 5.41) is 9.05. The lowest BCUT2D eigenvalue weighted by molar-refractivity contribution is -0.169. The van der Waals surface area contributed by atoms with E-state index in [0.717, 1.165) is 0 Å². The van der Waals surface area contributed by atoms with E-state index in [1.54, 1.807) is 0 Å². The van der Waals surface area contributed by atoms with Crippen LogP contribution in [-0.4, -0.2) is 48.8 Å². The van der Waals surface area contributed by atoms with Gasteiger partial charge < -0.3 is 19.3 Å². The molecule has 0 fully saturated rings. The molecule has 4 nitrogen and oxygen atoms in total. The van der Waals surface area contributed by atoms with Crippen LogP contribution in [0.15, 0.2) is 0 Å². The molecule has 0 aliphatic rings. The molecule has 0 heterocycles. The average molecular weight is 248 g/mol. The Hall–Kier alpha value is -0.160. The number of hydrogen-bond donors (Lipinski definition) is 1. The molecule has 0 saturated carbocycles. The van der Waals surface area contributed by atoms with Crippen LogP contribution in [0, 0.1) is 0 Å². The summed E-state index contributed by atoms with van der Waals surface area (Å²) in [7, 11) is 0. The van der Waals surface area contributed by atoms with Crippen molar-refractivity contribution in [1.29, 1.82) is 0 Å². The van der Waals surface area contributed by atoms with Crippen LogP contribution >= 0.6 is 0 Å². The molecule has 0 aromatic heterocycles. The largest absolute Gasteiger partial charge is 0.394 e. The van der Waals surface area contributed by atoms with Crippen LogP contribution in [0.1, 0.15) is 41.5 Å². The van der Waals surface area contributed by atoms with Crippen molar-refractivity contribution in [2.45, 2.75) is 65.5 Å². The van der Waals surface area contributed by atoms with Crippen molar-refractivity contribution in [3.05, 3.63) is 0 Å². The normalized spacial score (nSPS) is 14.6. The molecule has 0 aromatic rings. The molecule has 0 unspecified atom stereocenters. The fraction of sp³-hybridized carbons (Fsp3) is 1.00. The van der Waals surface area contributed by atoms with E-state index in [-0.39, 0.29) is 24.9 Å². The highest BCUT2D eigenvalue weighted by Crippen LogP contribution is 2.16. The standard InChI is InChI=1S/C13H28O4/c1-10(2)15-8-13(6,9-16-11(3)4)17-12(5)7-14/h10-12,14H,7-9H2,1-6H3/t12-/m0/s1. The Morgan fingerprint density at radius 2 is 1.35 bits per heavy atom. The number of hydrogen-bond acceptors (Lipinski definition) is 4. The van der Waals surface area contributed by atoms with Crippen molar-refractivity contribution in [2.24, 2.45) is 0 Å². The highest BCUT2D eigenvalue weighted by Gasteiger charge is 2.29. The van der Waals surface area contributed by atoms with Gasteiger partial charge in [-0.15, -0.1) is 0 Å². The Balaban J connectivity index is 4.33. The second kappa shape index (κ2) is 8.03. The third-order valence-electron chi connectivity index (χ3n) is 2.19. The van der Waals surface area contributed by atoms with Gasteiger partial charge in [0.05, 0.1) is 38.1 Å². The van der Waals surface area contributed by atoms with E-state index in [0.29, 0.717) is 13.2 Å². The van der Waals surface area contributed by atoms with Crippen molar-refractivity contribution in [2.75, 3.05) is 19.8 Å². The van der Waals surface area contributed by atoms with Gasteiger partial charge in [0.1, 0.15) is 5.60 Å². The van der Waals surface area contributed by atoms with Crippen LogP contribution in [0.2, 0.25) is 0 Å². The van der Waals surface area contributed by atoms with E-state index >= 15 is 0 Å². The molecule has 0 aromatic carbocycles. The van der Waals surface area contributed by atoms with Crippen LogP contribution in [0.5, 0.6) is 0 Å². The average Bonchev–Trinajstić information content (AvgIpc) is 2.24. The summed E-state index contributed by atoms with van der Waals surface area (Å²) in [6.45, 7) is 12.6. The van der Waals surface area contributed by atoms with Crippen molar-refractivity contribution in [3.8, 4) is 0 Å². The van der Waals surface area contributed by atoms with Gasteiger partial charge in [-0.3, -0.25) is 0 Å². The molecule has 0 amide bonds. The Morgan fingerprint density at radius 3 is 1.65 bits per heavy atom. The first-order valence-electron chi connectivity index (χ1n) is 6.31. The topological polar surface area (TPSA) is 47.9 Å². The lowest BCUT2D eigenvalue weighted by atomic mass is 10.1. The minimum absolute atomic E-state index is 0.00104. The Kier molecular flexibility index (Phi) is 7.96. The first kappa shape index (κ1) is 16.8. The maximum absolute atomic E-state index is 9.05. The van der Waals surface area contributed by atoms with Crippen LogP contribution in [0.3, 0.4) is 0 Å². The maximum Gasteiger partial charge on any atom is 0.112 e. The highest BCUT2D eigenvalue weighted by atomic mass is 16.6. The Bertz CT molecular complexity index is 180. The number of aliphatic hydroxyl groups is 1. The summed E-state index contributed by atoms with van der Waals surface area (Å²) in [6.07, 6.45) is 0.0920. The maximum atomic E-state index is 9.05. The van der Waals surface area contributed by atoms with Gasteiger partial charge in [-0.05, 0) is 41.5 Å². The predicted molar refractivity (Wildman–Crippen MR) is 68.2 cm³/mol. The molecule has 0 radical (unpaired) electrons. The van der Waals surface area contributed by atoms with Crippen molar-refractivity contribution in [3.63, 3.8) is 0 Å². The fourth-order valence-electron chi connectivity index (χ4n) is 1.32. The molecule has 104 valence electrons. The van der Waals surface area contributed by atoms with E-state index in [4.69, 9.17) is 19.3 Å². The smallest absolute Gasteiger partial charge is 0.112 e. The summed E-state index contributed by atoms with van der Waals surface area (Å²) >= 11 is 0. The second-order valence-corrected chi connectivity index (χ2v) is 5.28. The van der Waals surface area contributed by atoms with Gasteiger partial charge in [-0.2, -0.15) is 0 Å². The Morgan fingerprint density at radius 1 is 0.941 bits per heavy atom. The van der Waals surface area contributed by atoms with Gasteiger partial charge in [0.2, 0.25) is 0 Å². The second-order valence-electron chi connectivity index (χ2n) is 5.28. The highest BCUT2D eigenvalue weighted by molar-refractivity contribution is 4.77. The molecule has 1 atom stereocenters. The van der Waals surface area contributed by atoms with E-state index in [2.05, 4.69) is 0 Å². The lowest BCUT2D eigenvalue weighted by Crippen LogP contribution is -2.44. The van der Waals surface area contributed by atoms with E-state index in [1.165, 1.54) is 0 Å². The molecule has 0 spiro atoms. The predicted octanol–water partition coefficient (Wildman–Crippen LogP) is 1.99.